The van der Waals surface area contributed by atoms with Gasteiger partial charge >= 0.3 is 0 Å². The van der Waals surface area contributed by atoms with Crippen LogP contribution in [0.15, 0.2) is 24.3 Å². The van der Waals surface area contributed by atoms with E-state index >= 15 is 0 Å². The van der Waals surface area contributed by atoms with Gasteiger partial charge in [0, 0.05) is 13.1 Å². The summed E-state index contributed by atoms with van der Waals surface area (Å²) in [6, 6.07) is 7.87. The number of carbonyl (C=O) groups is 1. The number of nitrogens with one attached hydrogen (secondary N) is 1. The molecule has 2 rings (SSSR count). The summed E-state index contributed by atoms with van der Waals surface area (Å²) in [4.78, 5) is 13.7. The first-order chi connectivity index (χ1) is 10.2. The Kier molecular flexibility index (Phi) is 6.33. The van der Waals surface area contributed by atoms with Gasteiger partial charge in [-0.05, 0) is 25.0 Å². The van der Waals surface area contributed by atoms with Crippen LogP contribution >= 0.6 is 11.6 Å². The molecule has 0 aliphatic heterocycles. The van der Waals surface area contributed by atoms with Gasteiger partial charge in [-0.3, -0.25) is 4.79 Å². The van der Waals surface area contributed by atoms with Gasteiger partial charge in [-0.15, -0.1) is 0 Å². The molecule has 0 bridgehead atoms. The van der Waals surface area contributed by atoms with E-state index in [2.05, 4.69) is 5.32 Å². The number of carbonyl (C=O) groups excluding carboxylic acids is 1. The van der Waals surface area contributed by atoms with E-state index in [0.29, 0.717) is 36.5 Å². The minimum Gasteiger partial charge on any atom is -0.490 e. The van der Waals surface area contributed by atoms with Crippen LogP contribution in [0.1, 0.15) is 25.7 Å². The van der Waals surface area contributed by atoms with Crippen LogP contribution in [0.4, 0.5) is 0 Å². The number of rotatable bonds is 7. The average Bonchev–Trinajstić information content (AvgIpc) is 3.00. The predicted octanol–water partition coefficient (Wildman–Crippen LogP) is 2.71. The molecule has 1 saturated carbocycles. The molecule has 4 nitrogen and oxygen atoms in total. The highest BCUT2D eigenvalue weighted by Crippen LogP contribution is 2.22. The van der Waals surface area contributed by atoms with Crippen molar-refractivity contribution in [1.29, 1.82) is 0 Å². The van der Waals surface area contributed by atoms with E-state index in [1.807, 2.05) is 18.2 Å². The van der Waals surface area contributed by atoms with Crippen molar-refractivity contribution < 1.29 is 9.53 Å². The summed E-state index contributed by atoms with van der Waals surface area (Å²) >= 11 is 6.01. The van der Waals surface area contributed by atoms with E-state index in [-0.39, 0.29) is 5.91 Å². The van der Waals surface area contributed by atoms with E-state index in [0.717, 1.165) is 0 Å². The molecule has 1 aliphatic rings. The van der Waals surface area contributed by atoms with Crippen LogP contribution in [0.2, 0.25) is 5.02 Å². The number of para-hydroxylation sites is 1. The summed E-state index contributed by atoms with van der Waals surface area (Å²) in [5.74, 6) is 0.758. The molecule has 5 heteroatoms. The van der Waals surface area contributed by atoms with E-state index in [4.69, 9.17) is 16.3 Å². The number of benzene rings is 1. The number of amides is 1. The fraction of sp³-hybridized carbons (Fsp3) is 0.562. The largest absolute Gasteiger partial charge is 0.490 e. The molecule has 1 aliphatic carbocycles. The quantitative estimate of drug-likeness (QED) is 0.842. The van der Waals surface area contributed by atoms with Gasteiger partial charge in [0.15, 0.2) is 0 Å². The standard InChI is InChI=1S/C16H23ClN2O2/c1-19(16(20)12-18-13-6-2-3-7-13)10-11-21-15-9-5-4-8-14(15)17/h4-5,8-9,13,18H,2-3,6-7,10-12H2,1H3. The van der Waals surface area contributed by atoms with Crippen molar-refractivity contribution in [3.63, 3.8) is 0 Å². The normalized spacial score (nSPS) is 15.1. The van der Waals surface area contributed by atoms with E-state index in [1.165, 1.54) is 25.7 Å². The van der Waals surface area contributed by atoms with Gasteiger partial charge in [0.25, 0.3) is 0 Å². The first kappa shape index (κ1) is 16.1. The molecule has 1 fully saturated rings. The van der Waals surface area contributed by atoms with Gasteiger partial charge in [-0.2, -0.15) is 0 Å². The maximum absolute atomic E-state index is 12.0. The maximum Gasteiger partial charge on any atom is 0.236 e. The molecular weight excluding hydrogens is 288 g/mol. The van der Waals surface area contributed by atoms with Crippen LogP contribution in [0, 0.1) is 0 Å². The number of ether oxygens (including phenoxy) is 1. The van der Waals surface area contributed by atoms with Crippen molar-refractivity contribution >= 4 is 17.5 Å². The Morgan fingerprint density at radius 3 is 2.81 bits per heavy atom. The third-order valence-corrected chi connectivity index (χ3v) is 4.16. The monoisotopic (exact) mass is 310 g/mol. The second kappa shape index (κ2) is 8.25. The molecule has 0 radical (unpaired) electrons. The van der Waals surface area contributed by atoms with Crippen LogP contribution in [0.3, 0.4) is 0 Å². The van der Waals surface area contributed by atoms with Gasteiger partial charge in [0.05, 0.1) is 18.1 Å². The second-order valence-corrected chi connectivity index (χ2v) is 5.86. The highest BCUT2D eigenvalue weighted by Gasteiger charge is 2.16. The van der Waals surface area contributed by atoms with Crippen molar-refractivity contribution in [3.05, 3.63) is 29.3 Å². The first-order valence-corrected chi connectivity index (χ1v) is 7.89. The van der Waals surface area contributed by atoms with Crippen molar-refractivity contribution in [2.45, 2.75) is 31.7 Å². The van der Waals surface area contributed by atoms with Crippen LogP contribution in [-0.2, 0) is 4.79 Å². The Labute approximate surface area is 131 Å². The highest BCUT2D eigenvalue weighted by atomic mass is 35.5. The first-order valence-electron chi connectivity index (χ1n) is 7.51. The number of hydrogen-bond donors (Lipinski definition) is 1. The minimum atomic E-state index is 0.102. The molecule has 1 aromatic carbocycles. The molecule has 0 unspecified atom stereocenters. The van der Waals surface area contributed by atoms with Crippen molar-refractivity contribution in [2.24, 2.45) is 0 Å². The summed E-state index contributed by atoms with van der Waals surface area (Å²) in [6.45, 7) is 1.40. The summed E-state index contributed by atoms with van der Waals surface area (Å²) in [7, 11) is 1.80. The summed E-state index contributed by atoms with van der Waals surface area (Å²) in [5.41, 5.74) is 0. The van der Waals surface area contributed by atoms with Gasteiger partial charge in [-0.1, -0.05) is 36.6 Å². The zero-order chi connectivity index (χ0) is 15.1. The Balaban J connectivity index is 1.65. The van der Waals surface area contributed by atoms with Crippen LogP contribution in [0.25, 0.3) is 0 Å². The Hall–Kier alpha value is -1.26. The molecule has 0 saturated heterocycles. The molecule has 0 heterocycles. The lowest BCUT2D eigenvalue weighted by Crippen LogP contribution is -2.40. The maximum atomic E-state index is 12.0. The lowest BCUT2D eigenvalue weighted by atomic mass is 10.2. The third kappa shape index (κ3) is 5.21. The Morgan fingerprint density at radius 2 is 2.10 bits per heavy atom. The molecule has 0 aromatic heterocycles. The average molecular weight is 311 g/mol. The molecule has 0 atom stereocenters. The lowest BCUT2D eigenvalue weighted by Gasteiger charge is -2.19. The Morgan fingerprint density at radius 1 is 1.38 bits per heavy atom. The predicted molar refractivity (Wildman–Crippen MR) is 84.8 cm³/mol. The number of likely N-dealkylation sites (N-methyl/N-ethyl adjacent to an activating group) is 1. The van der Waals surface area contributed by atoms with Crippen LogP contribution < -0.4 is 10.1 Å². The number of halogens is 1. The van der Waals surface area contributed by atoms with Gasteiger partial charge in [-0.25, -0.2) is 0 Å². The van der Waals surface area contributed by atoms with Crippen molar-refractivity contribution in [1.82, 2.24) is 10.2 Å². The fourth-order valence-corrected chi connectivity index (χ4v) is 2.67. The van der Waals surface area contributed by atoms with Gasteiger partial charge in [0.1, 0.15) is 12.4 Å². The van der Waals surface area contributed by atoms with E-state index in [9.17, 15) is 4.79 Å². The molecule has 116 valence electrons. The molecule has 1 N–H and O–H groups in total. The fourth-order valence-electron chi connectivity index (χ4n) is 2.48. The highest BCUT2D eigenvalue weighted by molar-refractivity contribution is 6.32. The second-order valence-electron chi connectivity index (χ2n) is 5.46. The molecule has 1 aromatic rings. The SMILES string of the molecule is CN(CCOc1ccccc1Cl)C(=O)CNC1CCCC1. The van der Waals surface area contributed by atoms with Crippen molar-refractivity contribution in [3.8, 4) is 5.75 Å². The van der Waals surface area contributed by atoms with E-state index < -0.39 is 0 Å². The van der Waals surface area contributed by atoms with E-state index in [1.54, 1.807) is 18.0 Å². The third-order valence-electron chi connectivity index (χ3n) is 3.84. The lowest BCUT2D eigenvalue weighted by molar-refractivity contribution is -0.129. The number of hydrogen-bond acceptors (Lipinski definition) is 3. The molecule has 1 amide bonds. The summed E-state index contributed by atoms with van der Waals surface area (Å²) in [6.07, 6.45) is 4.92. The molecule has 21 heavy (non-hydrogen) atoms. The topological polar surface area (TPSA) is 41.6 Å². The van der Waals surface area contributed by atoms with Crippen LogP contribution in [-0.4, -0.2) is 43.6 Å². The minimum absolute atomic E-state index is 0.102. The van der Waals surface area contributed by atoms with Crippen molar-refractivity contribution in [2.75, 3.05) is 26.7 Å². The zero-order valence-electron chi connectivity index (χ0n) is 12.5. The smallest absolute Gasteiger partial charge is 0.236 e. The molecule has 0 spiro atoms. The number of nitrogens with zero attached hydrogens (tertiary/aromatic N) is 1. The van der Waals surface area contributed by atoms with Crippen LogP contribution in [0.5, 0.6) is 5.75 Å². The van der Waals surface area contributed by atoms with Gasteiger partial charge < -0.3 is 15.0 Å². The zero-order valence-corrected chi connectivity index (χ0v) is 13.2. The summed E-state index contributed by atoms with van der Waals surface area (Å²) in [5, 5.41) is 3.92. The summed E-state index contributed by atoms with van der Waals surface area (Å²) < 4.78 is 5.59. The Bertz CT molecular complexity index is 461. The molecular formula is C16H23ClN2O2. The van der Waals surface area contributed by atoms with Gasteiger partial charge in [0.2, 0.25) is 5.91 Å².